The first-order chi connectivity index (χ1) is 13.5. The highest BCUT2D eigenvalue weighted by Crippen LogP contribution is 2.13. The van der Waals surface area contributed by atoms with Crippen molar-refractivity contribution in [2.75, 3.05) is 6.54 Å². The molecule has 0 saturated heterocycles. The number of nitrogens with zero attached hydrogens (tertiary/aromatic N) is 3. The number of hydrogen-bond acceptors (Lipinski definition) is 5. The monoisotopic (exact) mass is 378 g/mol. The van der Waals surface area contributed by atoms with E-state index in [0.29, 0.717) is 6.54 Å². The smallest absolute Gasteiger partial charge is 0.361 e. The number of esters is 1. The number of carbonyl (C=O) groups is 2. The van der Waals surface area contributed by atoms with E-state index < -0.39 is 12.1 Å². The first-order valence-corrected chi connectivity index (χ1v) is 9.06. The fourth-order valence-corrected chi connectivity index (χ4v) is 2.61. The lowest BCUT2D eigenvalue weighted by molar-refractivity contribution is -0.129. The summed E-state index contributed by atoms with van der Waals surface area (Å²) in [6, 6.07) is 19.1. The summed E-state index contributed by atoms with van der Waals surface area (Å²) in [5, 5.41) is 11.0. The lowest BCUT2D eigenvalue weighted by Gasteiger charge is -2.16. The van der Waals surface area contributed by atoms with Crippen LogP contribution in [0.2, 0.25) is 0 Å². The highest BCUT2D eigenvalue weighted by Gasteiger charge is 2.21. The van der Waals surface area contributed by atoms with Crippen molar-refractivity contribution in [2.45, 2.75) is 25.9 Å². The van der Waals surface area contributed by atoms with Gasteiger partial charge in [0.15, 0.2) is 11.8 Å². The fourth-order valence-electron chi connectivity index (χ4n) is 2.61. The van der Waals surface area contributed by atoms with Crippen LogP contribution in [-0.2, 0) is 9.53 Å². The van der Waals surface area contributed by atoms with E-state index in [4.69, 9.17) is 4.74 Å². The van der Waals surface area contributed by atoms with Crippen molar-refractivity contribution >= 4 is 11.9 Å². The molecule has 0 unspecified atom stereocenters. The Bertz CT molecular complexity index is 925. The van der Waals surface area contributed by atoms with E-state index in [2.05, 4.69) is 15.5 Å². The minimum Gasteiger partial charge on any atom is -0.448 e. The normalized spacial score (nSPS) is 12.8. The van der Waals surface area contributed by atoms with Crippen molar-refractivity contribution in [1.82, 2.24) is 20.3 Å². The zero-order valence-electron chi connectivity index (χ0n) is 15.8. The second-order valence-corrected chi connectivity index (χ2v) is 6.46. The summed E-state index contributed by atoms with van der Waals surface area (Å²) < 4.78 is 5.22. The van der Waals surface area contributed by atoms with E-state index in [9.17, 15) is 9.59 Å². The number of para-hydroxylation sites is 1. The first kappa shape index (κ1) is 19.3. The molecule has 28 heavy (non-hydrogen) atoms. The van der Waals surface area contributed by atoms with Gasteiger partial charge in [-0.3, -0.25) is 4.79 Å². The van der Waals surface area contributed by atoms with Crippen LogP contribution in [-0.4, -0.2) is 39.5 Å². The summed E-state index contributed by atoms with van der Waals surface area (Å²) >= 11 is 0. The molecule has 0 aliphatic heterocycles. The van der Waals surface area contributed by atoms with Gasteiger partial charge < -0.3 is 10.1 Å². The third-order valence-electron chi connectivity index (χ3n) is 4.29. The van der Waals surface area contributed by atoms with Crippen molar-refractivity contribution in [3.05, 3.63) is 78.1 Å². The summed E-state index contributed by atoms with van der Waals surface area (Å²) in [7, 11) is 0. The topological polar surface area (TPSA) is 86.1 Å². The molecule has 1 heterocycles. The Balaban J connectivity index is 1.52. The summed E-state index contributed by atoms with van der Waals surface area (Å²) in [6.45, 7) is 4.01. The van der Waals surface area contributed by atoms with Gasteiger partial charge in [0.2, 0.25) is 0 Å². The second-order valence-electron chi connectivity index (χ2n) is 6.46. The van der Waals surface area contributed by atoms with Crippen molar-refractivity contribution in [3.63, 3.8) is 0 Å². The molecule has 0 bridgehead atoms. The van der Waals surface area contributed by atoms with Crippen LogP contribution in [0.15, 0.2) is 66.9 Å². The van der Waals surface area contributed by atoms with Gasteiger partial charge >= 0.3 is 5.97 Å². The quantitative estimate of drug-likeness (QED) is 0.639. The van der Waals surface area contributed by atoms with Gasteiger partial charge in [-0.15, -0.1) is 5.10 Å². The molecule has 7 heteroatoms. The second kappa shape index (κ2) is 8.94. The third-order valence-corrected chi connectivity index (χ3v) is 4.29. The van der Waals surface area contributed by atoms with Crippen LogP contribution in [0.4, 0.5) is 0 Å². The van der Waals surface area contributed by atoms with E-state index in [1.807, 2.05) is 67.6 Å². The van der Waals surface area contributed by atoms with Gasteiger partial charge in [0, 0.05) is 6.54 Å². The van der Waals surface area contributed by atoms with E-state index in [1.165, 1.54) is 17.9 Å². The molecule has 3 rings (SSSR count). The number of ether oxygens (including phenoxy) is 1. The number of hydrogen-bond donors (Lipinski definition) is 1. The summed E-state index contributed by atoms with van der Waals surface area (Å²) in [4.78, 5) is 25.8. The molecule has 0 fully saturated rings. The Hall–Kier alpha value is -3.48. The molecule has 0 aliphatic rings. The fraction of sp³-hybridized carbons (Fsp3) is 0.238. The maximum Gasteiger partial charge on any atom is 0.361 e. The van der Waals surface area contributed by atoms with Gasteiger partial charge in [0.05, 0.1) is 11.9 Å². The lowest BCUT2D eigenvalue weighted by Crippen LogP contribution is -2.37. The lowest BCUT2D eigenvalue weighted by atomic mass is 10.0. The molecular weight excluding hydrogens is 356 g/mol. The maximum atomic E-state index is 12.2. The zero-order chi connectivity index (χ0) is 19.9. The Morgan fingerprint density at radius 1 is 1.04 bits per heavy atom. The van der Waals surface area contributed by atoms with Crippen LogP contribution in [0.25, 0.3) is 5.69 Å². The Morgan fingerprint density at radius 2 is 1.68 bits per heavy atom. The largest absolute Gasteiger partial charge is 0.448 e. The average Bonchev–Trinajstić information content (AvgIpc) is 3.23. The highest BCUT2D eigenvalue weighted by molar-refractivity contribution is 5.90. The molecular formula is C21H22N4O3. The van der Waals surface area contributed by atoms with Crippen LogP contribution >= 0.6 is 0 Å². The van der Waals surface area contributed by atoms with Crippen molar-refractivity contribution in [2.24, 2.45) is 0 Å². The van der Waals surface area contributed by atoms with Gasteiger partial charge in [0.1, 0.15) is 0 Å². The molecule has 1 N–H and O–H groups in total. The maximum absolute atomic E-state index is 12.2. The van der Waals surface area contributed by atoms with Crippen LogP contribution in [0, 0.1) is 0 Å². The van der Waals surface area contributed by atoms with Crippen LogP contribution in [0.1, 0.15) is 35.8 Å². The van der Waals surface area contributed by atoms with Crippen molar-refractivity contribution in [3.8, 4) is 5.69 Å². The van der Waals surface area contributed by atoms with Crippen LogP contribution < -0.4 is 5.32 Å². The predicted octanol–water partition coefficient (Wildman–Crippen LogP) is 2.73. The summed E-state index contributed by atoms with van der Waals surface area (Å²) in [6.07, 6.45) is 0.384. The van der Waals surface area contributed by atoms with Gasteiger partial charge in [0.25, 0.3) is 5.91 Å². The summed E-state index contributed by atoms with van der Waals surface area (Å²) in [5.41, 5.74) is 1.90. The Labute approximate surface area is 163 Å². The van der Waals surface area contributed by atoms with Crippen LogP contribution in [0.5, 0.6) is 0 Å². The minimum absolute atomic E-state index is 0.0427. The molecule has 7 nitrogen and oxygen atoms in total. The van der Waals surface area contributed by atoms with E-state index in [0.717, 1.165) is 11.3 Å². The number of rotatable bonds is 7. The van der Waals surface area contributed by atoms with E-state index >= 15 is 0 Å². The zero-order valence-corrected chi connectivity index (χ0v) is 15.8. The Morgan fingerprint density at radius 3 is 2.36 bits per heavy atom. The SMILES string of the molecule is C[C@H](CNC(=O)[C@@H](C)OC(=O)c1cnn(-c2ccccc2)n1)c1ccccc1. The molecule has 0 saturated carbocycles. The van der Waals surface area contributed by atoms with Gasteiger partial charge in [-0.25, -0.2) is 4.79 Å². The van der Waals surface area contributed by atoms with E-state index in [1.54, 1.807) is 0 Å². The van der Waals surface area contributed by atoms with Crippen LogP contribution in [0.3, 0.4) is 0 Å². The first-order valence-electron chi connectivity index (χ1n) is 9.06. The van der Waals surface area contributed by atoms with Gasteiger partial charge in [-0.1, -0.05) is 55.5 Å². The van der Waals surface area contributed by atoms with Crippen molar-refractivity contribution < 1.29 is 14.3 Å². The molecule has 144 valence electrons. The number of amides is 1. The van der Waals surface area contributed by atoms with E-state index in [-0.39, 0.29) is 17.5 Å². The Kier molecular flexibility index (Phi) is 6.16. The molecule has 3 aromatic rings. The number of carbonyl (C=O) groups excluding carboxylic acids is 2. The van der Waals surface area contributed by atoms with Crippen molar-refractivity contribution in [1.29, 1.82) is 0 Å². The number of nitrogens with one attached hydrogen (secondary N) is 1. The molecule has 2 atom stereocenters. The van der Waals surface area contributed by atoms with Gasteiger partial charge in [-0.2, -0.15) is 9.90 Å². The third kappa shape index (κ3) is 4.82. The number of benzene rings is 2. The molecule has 1 amide bonds. The molecule has 1 aromatic heterocycles. The molecule has 0 radical (unpaired) electrons. The van der Waals surface area contributed by atoms with Gasteiger partial charge in [-0.05, 0) is 30.5 Å². The predicted molar refractivity (Wildman–Crippen MR) is 104 cm³/mol. The standard InChI is InChI=1S/C21H22N4O3/c1-15(17-9-5-3-6-10-17)13-22-20(26)16(2)28-21(27)19-14-23-25(24-19)18-11-7-4-8-12-18/h3-12,14-16H,13H2,1-2H3,(H,22,26)/t15-,16-/m1/s1. The molecule has 0 spiro atoms. The highest BCUT2D eigenvalue weighted by atomic mass is 16.5. The number of aromatic nitrogens is 3. The molecule has 0 aliphatic carbocycles. The summed E-state index contributed by atoms with van der Waals surface area (Å²) in [5.74, 6) is -0.897. The minimum atomic E-state index is -0.933. The molecule has 2 aromatic carbocycles. The average molecular weight is 378 g/mol.